The molecule has 0 radical (unpaired) electrons. The topological polar surface area (TPSA) is 64.2 Å². The van der Waals surface area contributed by atoms with Gasteiger partial charge in [0, 0.05) is 43.5 Å². The number of alkyl halides is 3. The number of imidazole rings is 2. The van der Waals surface area contributed by atoms with Gasteiger partial charge in [0.15, 0.2) is 0 Å². The maximum atomic E-state index is 13.5. The maximum Gasteiger partial charge on any atom is 0.392 e. The highest BCUT2D eigenvalue weighted by Gasteiger charge is 2.41. The first kappa shape index (κ1) is 23.1. The second-order valence-corrected chi connectivity index (χ2v) is 8.68. The van der Waals surface area contributed by atoms with Crippen LogP contribution in [0.1, 0.15) is 40.9 Å². The van der Waals surface area contributed by atoms with Gasteiger partial charge in [0.05, 0.1) is 17.3 Å². The van der Waals surface area contributed by atoms with E-state index in [-0.39, 0.29) is 25.3 Å². The Hall–Kier alpha value is -3.69. The molecule has 3 aromatic heterocycles. The van der Waals surface area contributed by atoms with E-state index in [2.05, 4.69) is 15.3 Å². The van der Waals surface area contributed by atoms with Crippen molar-refractivity contribution in [2.24, 2.45) is 5.92 Å². The summed E-state index contributed by atoms with van der Waals surface area (Å²) in [6.45, 7) is 2.45. The van der Waals surface area contributed by atoms with Gasteiger partial charge in [-0.3, -0.25) is 9.20 Å². The zero-order valence-corrected chi connectivity index (χ0v) is 18.9. The minimum Gasteiger partial charge on any atom is -0.347 e. The molecule has 1 aromatic carbocycles. The molecular formula is C25H23F4N5O. The van der Waals surface area contributed by atoms with Crippen LogP contribution in [-0.2, 0) is 25.9 Å². The lowest BCUT2D eigenvalue weighted by atomic mass is 9.97. The highest BCUT2D eigenvalue weighted by Crippen LogP contribution is 2.35. The van der Waals surface area contributed by atoms with Gasteiger partial charge in [0.2, 0.25) is 0 Å². The van der Waals surface area contributed by atoms with Crippen LogP contribution in [0.15, 0.2) is 48.8 Å². The highest BCUT2D eigenvalue weighted by molar-refractivity contribution is 5.94. The molecule has 0 saturated carbocycles. The molecule has 0 fully saturated rings. The van der Waals surface area contributed by atoms with E-state index in [0.29, 0.717) is 41.5 Å². The molecule has 0 unspecified atom stereocenters. The molecule has 10 heteroatoms. The Labute approximate surface area is 198 Å². The molecule has 35 heavy (non-hydrogen) atoms. The van der Waals surface area contributed by atoms with E-state index in [1.807, 2.05) is 31.2 Å². The van der Waals surface area contributed by atoms with E-state index < -0.39 is 17.9 Å². The lowest BCUT2D eigenvalue weighted by Crippen LogP contribution is -2.31. The monoisotopic (exact) mass is 485 g/mol. The van der Waals surface area contributed by atoms with Crippen LogP contribution in [0.4, 0.5) is 17.6 Å². The van der Waals surface area contributed by atoms with Crippen molar-refractivity contribution in [1.82, 2.24) is 24.3 Å². The summed E-state index contributed by atoms with van der Waals surface area (Å²) in [5, 5.41) is 2.88. The van der Waals surface area contributed by atoms with E-state index >= 15 is 0 Å². The SMILES string of the molecule is CCc1nc2cc(F)ccn2c1C(=O)NCc1ccc(-c2cn3c(n2)C[C@H](C(F)(F)F)CC3)cc1. The molecule has 1 aliphatic heterocycles. The van der Waals surface area contributed by atoms with E-state index in [0.717, 1.165) is 11.1 Å². The third kappa shape index (κ3) is 4.52. The van der Waals surface area contributed by atoms with Crippen molar-refractivity contribution in [3.63, 3.8) is 0 Å². The Balaban J connectivity index is 1.28. The van der Waals surface area contributed by atoms with Crippen molar-refractivity contribution >= 4 is 11.6 Å². The number of nitrogens with one attached hydrogen (secondary N) is 1. The quantitative estimate of drug-likeness (QED) is 0.407. The molecule has 0 aliphatic carbocycles. The Morgan fingerprint density at radius 2 is 1.94 bits per heavy atom. The van der Waals surface area contributed by atoms with Crippen molar-refractivity contribution in [2.45, 2.75) is 45.5 Å². The predicted octanol–water partition coefficient (Wildman–Crippen LogP) is 4.95. The summed E-state index contributed by atoms with van der Waals surface area (Å²) in [6, 6.07) is 9.93. The molecule has 4 aromatic rings. The maximum absolute atomic E-state index is 13.5. The number of carbonyl (C=O) groups excluding carboxylic acids is 1. The lowest BCUT2D eigenvalue weighted by Gasteiger charge is -2.25. The summed E-state index contributed by atoms with van der Waals surface area (Å²) in [7, 11) is 0. The number of aryl methyl sites for hydroxylation is 2. The van der Waals surface area contributed by atoms with Gasteiger partial charge in [-0.2, -0.15) is 13.2 Å². The number of pyridine rings is 1. The lowest BCUT2D eigenvalue weighted by molar-refractivity contribution is -0.179. The fourth-order valence-electron chi connectivity index (χ4n) is 4.46. The molecule has 0 saturated heterocycles. The summed E-state index contributed by atoms with van der Waals surface area (Å²) in [4.78, 5) is 21.7. The third-order valence-electron chi connectivity index (χ3n) is 6.38. The van der Waals surface area contributed by atoms with Crippen LogP contribution in [0.2, 0.25) is 0 Å². The number of carbonyl (C=O) groups is 1. The first-order valence-electron chi connectivity index (χ1n) is 11.4. The molecule has 182 valence electrons. The van der Waals surface area contributed by atoms with Crippen LogP contribution in [0.25, 0.3) is 16.9 Å². The van der Waals surface area contributed by atoms with Gasteiger partial charge in [-0.15, -0.1) is 0 Å². The van der Waals surface area contributed by atoms with Crippen molar-refractivity contribution in [1.29, 1.82) is 0 Å². The van der Waals surface area contributed by atoms with Gasteiger partial charge >= 0.3 is 6.18 Å². The summed E-state index contributed by atoms with van der Waals surface area (Å²) < 4.78 is 56.1. The average Bonchev–Trinajstić information content (AvgIpc) is 3.42. The van der Waals surface area contributed by atoms with Crippen LogP contribution in [0, 0.1) is 11.7 Å². The van der Waals surface area contributed by atoms with Gasteiger partial charge < -0.3 is 9.88 Å². The summed E-state index contributed by atoms with van der Waals surface area (Å²) in [5.41, 5.74) is 3.60. The zero-order chi connectivity index (χ0) is 24.7. The fraction of sp³-hybridized carbons (Fsp3) is 0.320. The second-order valence-electron chi connectivity index (χ2n) is 8.68. The highest BCUT2D eigenvalue weighted by atomic mass is 19.4. The molecule has 5 rings (SSSR count). The first-order valence-corrected chi connectivity index (χ1v) is 11.4. The van der Waals surface area contributed by atoms with Crippen molar-refractivity contribution in [2.75, 3.05) is 0 Å². The van der Waals surface area contributed by atoms with Gasteiger partial charge in [-0.25, -0.2) is 14.4 Å². The van der Waals surface area contributed by atoms with Crippen LogP contribution in [0.5, 0.6) is 0 Å². The Morgan fingerprint density at radius 1 is 1.17 bits per heavy atom. The smallest absolute Gasteiger partial charge is 0.347 e. The molecule has 1 N–H and O–H groups in total. The van der Waals surface area contributed by atoms with E-state index in [4.69, 9.17) is 0 Å². The summed E-state index contributed by atoms with van der Waals surface area (Å²) >= 11 is 0. The number of rotatable bonds is 5. The number of aromatic nitrogens is 4. The number of fused-ring (bicyclic) bond motifs is 2. The number of benzene rings is 1. The number of halogens is 4. The number of hydrogen-bond donors (Lipinski definition) is 1. The number of nitrogens with zero attached hydrogens (tertiary/aromatic N) is 4. The Morgan fingerprint density at radius 3 is 2.66 bits per heavy atom. The van der Waals surface area contributed by atoms with Gasteiger partial charge in [0.25, 0.3) is 5.91 Å². The molecule has 1 amide bonds. The first-order chi connectivity index (χ1) is 16.7. The standard InChI is InChI=1S/C25H23F4N5O/c1-2-19-23(34-10-8-18(26)12-22(34)31-19)24(35)30-13-15-3-5-16(6-4-15)20-14-33-9-7-17(25(27,28)29)11-21(33)32-20/h3-6,8,10,12,14,17H,2,7,9,11,13H2,1H3,(H,30,35)/t17-/m1/s1. The van der Waals surface area contributed by atoms with E-state index in [1.165, 1.54) is 18.3 Å². The number of amides is 1. The van der Waals surface area contributed by atoms with Crippen LogP contribution >= 0.6 is 0 Å². The van der Waals surface area contributed by atoms with Crippen molar-refractivity contribution in [3.8, 4) is 11.3 Å². The molecule has 6 nitrogen and oxygen atoms in total. The normalized spacial score (nSPS) is 15.9. The Bertz CT molecular complexity index is 1390. The fourth-order valence-corrected chi connectivity index (χ4v) is 4.46. The van der Waals surface area contributed by atoms with Crippen molar-refractivity contribution < 1.29 is 22.4 Å². The Kier molecular flexibility index (Phi) is 5.82. The molecule has 1 aliphatic rings. The minimum atomic E-state index is -4.21. The molecular weight excluding hydrogens is 462 g/mol. The van der Waals surface area contributed by atoms with E-state index in [9.17, 15) is 22.4 Å². The molecule has 0 spiro atoms. The van der Waals surface area contributed by atoms with Crippen molar-refractivity contribution in [3.05, 3.63) is 77.4 Å². The third-order valence-corrected chi connectivity index (χ3v) is 6.38. The summed E-state index contributed by atoms with van der Waals surface area (Å²) in [6.07, 6.45) is -0.449. The zero-order valence-electron chi connectivity index (χ0n) is 18.9. The largest absolute Gasteiger partial charge is 0.392 e. The van der Waals surface area contributed by atoms with Gasteiger partial charge in [-0.1, -0.05) is 31.2 Å². The van der Waals surface area contributed by atoms with Crippen LogP contribution in [0.3, 0.4) is 0 Å². The average molecular weight is 485 g/mol. The molecule has 4 heterocycles. The van der Waals surface area contributed by atoms with Gasteiger partial charge in [0.1, 0.15) is 23.0 Å². The molecule has 1 atom stereocenters. The van der Waals surface area contributed by atoms with Gasteiger partial charge in [-0.05, 0) is 24.5 Å². The predicted molar refractivity (Wildman–Crippen MR) is 121 cm³/mol. The van der Waals surface area contributed by atoms with Crippen LogP contribution in [-0.4, -0.2) is 31.0 Å². The van der Waals surface area contributed by atoms with E-state index in [1.54, 1.807) is 15.2 Å². The minimum absolute atomic E-state index is 0.0616. The van der Waals surface area contributed by atoms with Crippen LogP contribution < -0.4 is 5.32 Å². The molecule has 0 bridgehead atoms. The number of hydrogen-bond acceptors (Lipinski definition) is 3. The second kappa shape index (κ2) is 8.83. The summed E-state index contributed by atoms with van der Waals surface area (Å²) in [5.74, 6) is -1.64.